The molecule has 0 bridgehead atoms. The van der Waals surface area contributed by atoms with Crippen LogP contribution in [-0.4, -0.2) is 36.6 Å². The van der Waals surface area contributed by atoms with Crippen LogP contribution in [0.1, 0.15) is 23.1 Å². The molecule has 2 heterocycles. The summed E-state index contributed by atoms with van der Waals surface area (Å²) in [7, 11) is 3.25. The first kappa shape index (κ1) is 24.9. The fourth-order valence-corrected chi connectivity index (χ4v) is 3.95. The van der Waals surface area contributed by atoms with Crippen LogP contribution in [0.2, 0.25) is 0 Å². The number of benzene rings is 2. The summed E-state index contributed by atoms with van der Waals surface area (Å²) >= 11 is 0. The summed E-state index contributed by atoms with van der Waals surface area (Å²) in [6, 6.07) is 23.4. The highest BCUT2D eigenvalue weighted by molar-refractivity contribution is 5.81. The van der Waals surface area contributed by atoms with Gasteiger partial charge in [0.05, 0.1) is 26.5 Å². The molecule has 184 valence electrons. The lowest BCUT2D eigenvalue weighted by atomic mass is 10.0. The Kier molecular flexibility index (Phi) is 8.65. The molecule has 6 nitrogen and oxygen atoms in total. The molecular weight excluding hydrogens is 452 g/mol. The fraction of sp³-hybridized carbons (Fsp3) is 0.233. The van der Waals surface area contributed by atoms with E-state index in [0.717, 1.165) is 27.9 Å². The molecule has 0 atom stereocenters. The molecule has 4 rings (SSSR count). The van der Waals surface area contributed by atoms with E-state index >= 15 is 0 Å². The summed E-state index contributed by atoms with van der Waals surface area (Å²) in [5.41, 5.74) is 4.91. The van der Waals surface area contributed by atoms with E-state index < -0.39 is 0 Å². The molecule has 0 spiro atoms. The zero-order valence-corrected chi connectivity index (χ0v) is 20.6. The summed E-state index contributed by atoms with van der Waals surface area (Å²) in [6.07, 6.45) is 5.86. The average molecular weight is 483 g/mol. The molecule has 0 fully saturated rings. The third-order valence-corrected chi connectivity index (χ3v) is 5.85. The molecule has 4 aromatic rings. The van der Waals surface area contributed by atoms with E-state index in [1.165, 1.54) is 0 Å². The van der Waals surface area contributed by atoms with Crippen LogP contribution in [-0.2, 0) is 24.1 Å². The molecule has 0 aliphatic carbocycles. The maximum Gasteiger partial charge on any atom is 0.213 e. The number of carbonyl (C=O) groups is 1. The number of ether oxygens (including phenoxy) is 3. The van der Waals surface area contributed by atoms with Gasteiger partial charge in [0.2, 0.25) is 5.88 Å². The van der Waals surface area contributed by atoms with Crippen molar-refractivity contribution in [2.75, 3.05) is 20.8 Å². The van der Waals surface area contributed by atoms with Gasteiger partial charge in [0.1, 0.15) is 5.78 Å². The van der Waals surface area contributed by atoms with Crippen molar-refractivity contribution in [3.05, 3.63) is 102 Å². The van der Waals surface area contributed by atoms with Crippen molar-refractivity contribution in [1.29, 1.82) is 0 Å². The number of Topliss-reactive ketones (excluding diaryl/α,β-unsaturated/α-hetero) is 1. The minimum Gasteiger partial charge on any atom is -0.493 e. The number of pyridine rings is 2. The summed E-state index contributed by atoms with van der Waals surface area (Å²) in [6.45, 7) is 0.484. The van der Waals surface area contributed by atoms with Gasteiger partial charge >= 0.3 is 0 Å². The van der Waals surface area contributed by atoms with Crippen molar-refractivity contribution in [2.45, 2.75) is 25.7 Å². The molecule has 0 saturated carbocycles. The lowest BCUT2D eigenvalue weighted by molar-refractivity contribution is -0.118. The van der Waals surface area contributed by atoms with Crippen molar-refractivity contribution < 1.29 is 19.0 Å². The molecule has 0 N–H and O–H groups in total. The molecular formula is C30H30N2O4. The van der Waals surface area contributed by atoms with E-state index in [-0.39, 0.29) is 5.78 Å². The van der Waals surface area contributed by atoms with E-state index in [4.69, 9.17) is 14.2 Å². The second-order valence-corrected chi connectivity index (χ2v) is 8.43. The predicted molar refractivity (Wildman–Crippen MR) is 140 cm³/mol. The lowest BCUT2D eigenvalue weighted by Gasteiger charge is -2.11. The molecule has 0 aliphatic heterocycles. The Labute approximate surface area is 211 Å². The SMILES string of the molecule is COc1ccc(CCOc2cccc(-c3cccc(CC(=O)CCc4cccnc4)c3)n2)cc1OC. The number of ketones is 1. The topological polar surface area (TPSA) is 70.5 Å². The van der Waals surface area contributed by atoms with Gasteiger partial charge < -0.3 is 14.2 Å². The van der Waals surface area contributed by atoms with Crippen molar-refractivity contribution >= 4 is 5.78 Å². The van der Waals surface area contributed by atoms with Crippen molar-refractivity contribution in [3.8, 4) is 28.6 Å². The summed E-state index contributed by atoms with van der Waals surface area (Å²) in [4.78, 5) is 21.3. The van der Waals surface area contributed by atoms with Gasteiger partial charge in [-0.3, -0.25) is 9.78 Å². The fourth-order valence-electron chi connectivity index (χ4n) is 3.95. The molecule has 0 amide bonds. The first-order valence-corrected chi connectivity index (χ1v) is 12.0. The second kappa shape index (κ2) is 12.5. The monoisotopic (exact) mass is 482 g/mol. The van der Waals surface area contributed by atoms with Gasteiger partial charge in [-0.1, -0.05) is 36.4 Å². The van der Waals surface area contributed by atoms with Gasteiger partial charge in [0, 0.05) is 43.3 Å². The third-order valence-electron chi connectivity index (χ3n) is 5.85. The molecule has 0 radical (unpaired) electrons. The smallest absolute Gasteiger partial charge is 0.213 e. The first-order chi connectivity index (χ1) is 17.6. The molecule has 2 aromatic heterocycles. The van der Waals surface area contributed by atoms with E-state index in [0.29, 0.717) is 49.7 Å². The molecule has 0 unspecified atom stereocenters. The van der Waals surface area contributed by atoms with Gasteiger partial charge in [0.15, 0.2) is 11.5 Å². The van der Waals surface area contributed by atoms with E-state index in [2.05, 4.69) is 9.97 Å². The Morgan fingerprint density at radius 3 is 2.44 bits per heavy atom. The molecule has 0 aliphatic rings. The number of nitrogens with zero attached hydrogens (tertiary/aromatic N) is 2. The second-order valence-electron chi connectivity index (χ2n) is 8.43. The maximum atomic E-state index is 12.5. The van der Waals surface area contributed by atoms with Crippen molar-refractivity contribution in [3.63, 3.8) is 0 Å². The first-order valence-electron chi connectivity index (χ1n) is 12.0. The zero-order chi connectivity index (χ0) is 25.2. The van der Waals surface area contributed by atoms with Crippen LogP contribution in [0.3, 0.4) is 0 Å². The summed E-state index contributed by atoms with van der Waals surface area (Å²) in [5, 5.41) is 0. The van der Waals surface area contributed by atoms with Crippen molar-refractivity contribution in [1.82, 2.24) is 9.97 Å². The average Bonchev–Trinajstić information content (AvgIpc) is 2.92. The number of rotatable bonds is 12. The van der Waals surface area contributed by atoms with Gasteiger partial charge in [0.25, 0.3) is 0 Å². The van der Waals surface area contributed by atoms with Crippen LogP contribution in [0.15, 0.2) is 85.2 Å². The quantitative estimate of drug-likeness (QED) is 0.265. The zero-order valence-electron chi connectivity index (χ0n) is 20.6. The van der Waals surface area contributed by atoms with Crippen LogP contribution in [0.25, 0.3) is 11.3 Å². The number of methoxy groups -OCH3 is 2. The van der Waals surface area contributed by atoms with Crippen LogP contribution in [0.5, 0.6) is 17.4 Å². The standard InChI is InChI=1S/C30H30N2O4/c1-34-28-14-12-22(20-29(28)35-2)15-17-36-30-10-4-9-27(32-30)25-8-3-6-24(18-25)19-26(33)13-11-23-7-5-16-31-21-23/h3-10,12,14,16,18,20-21H,11,13,15,17,19H2,1-2H3. The van der Waals surface area contributed by atoms with Gasteiger partial charge in [-0.15, -0.1) is 0 Å². The molecule has 36 heavy (non-hydrogen) atoms. The number of hydrogen-bond acceptors (Lipinski definition) is 6. The van der Waals surface area contributed by atoms with Crippen LogP contribution in [0, 0.1) is 0 Å². The summed E-state index contributed by atoms with van der Waals surface area (Å²) < 4.78 is 16.6. The van der Waals surface area contributed by atoms with E-state index in [1.54, 1.807) is 20.4 Å². The Morgan fingerprint density at radius 1 is 0.806 bits per heavy atom. The van der Waals surface area contributed by atoms with Crippen LogP contribution >= 0.6 is 0 Å². The van der Waals surface area contributed by atoms with Gasteiger partial charge in [-0.2, -0.15) is 0 Å². The number of aryl methyl sites for hydroxylation is 1. The number of hydrogen-bond donors (Lipinski definition) is 0. The highest BCUT2D eigenvalue weighted by atomic mass is 16.5. The highest BCUT2D eigenvalue weighted by Gasteiger charge is 2.09. The molecule has 0 saturated heterocycles. The largest absolute Gasteiger partial charge is 0.493 e. The van der Waals surface area contributed by atoms with E-state index in [9.17, 15) is 4.79 Å². The Hall–Kier alpha value is -4.19. The minimum atomic E-state index is 0.205. The maximum absolute atomic E-state index is 12.5. The van der Waals surface area contributed by atoms with Crippen molar-refractivity contribution in [2.24, 2.45) is 0 Å². The number of carbonyl (C=O) groups excluding carboxylic acids is 1. The third kappa shape index (κ3) is 6.92. The van der Waals surface area contributed by atoms with Gasteiger partial charge in [-0.05, 0) is 53.4 Å². The Morgan fingerprint density at radius 2 is 1.64 bits per heavy atom. The van der Waals surface area contributed by atoms with Crippen LogP contribution < -0.4 is 14.2 Å². The highest BCUT2D eigenvalue weighted by Crippen LogP contribution is 2.28. The summed E-state index contributed by atoms with van der Waals surface area (Å²) in [5.74, 6) is 2.17. The van der Waals surface area contributed by atoms with Crippen LogP contribution in [0.4, 0.5) is 0 Å². The molecule has 2 aromatic carbocycles. The number of aromatic nitrogens is 2. The van der Waals surface area contributed by atoms with Gasteiger partial charge in [-0.25, -0.2) is 4.98 Å². The lowest BCUT2D eigenvalue weighted by Crippen LogP contribution is -2.05. The molecule has 6 heteroatoms. The Balaban J connectivity index is 1.34. The Bertz CT molecular complexity index is 1290. The normalized spacial score (nSPS) is 10.6. The minimum absolute atomic E-state index is 0.205. The predicted octanol–water partition coefficient (Wildman–Crippen LogP) is 5.53. The van der Waals surface area contributed by atoms with E-state index in [1.807, 2.05) is 79.0 Å².